The highest BCUT2D eigenvalue weighted by molar-refractivity contribution is 7.15. The standard InChI is InChI=1S/C16H20N2S/c1-3-18(2)13-10-8-12(9-11-13)16-17-14-6-4-5-7-15(14)19-16/h8-11H,3-7H2,1-2H3. The minimum absolute atomic E-state index is 1.03. The van der Waals surface area contributed by atoms with Crippen molar-refractivity contribution >= 4 is 17.0 Å². The summed E-state index contributed by atoms with van der Waals surface area (Å²) in [6.07, 6.45) is 5.03. The Morgan fingerprint density at radius 2 is 1.89 bits per heavy atom. The number of benzene rings is 1. The van der Waals surface area contributed by atoms with Crippen LogP contribution in [0.25, 0.3) is 10.6 Å². The van der Waals surface area contributed by atoms with Gasteiger partial charge < -0.3 is 4.90 Å². The molecule has 0 fully saturated rings. The fourth-order valence-electron chi connectivity index (χ4n) is 2.52. The van der Waals surface area contributed by atoms with Crippen LogP contribution in [0.1, 0.15) is 30.3 Å². The molecule has 0 bridgehead atoms. The van der Waals surface area contributed by atoms with Crippen LogP contribution in [0.2, 0.25) is 0 Å². The first-order chi connectivity index (χ1) is 9.28. The molecule has 0 spiro atoms. The van der Waals surface area contributed by atoms with Crippen molar-refractivity contribution in [1.29, 1.82) is 0 Å². The number of fused-ring (bicyclic) bond motifs is 1. The van der Waals surface area contributed by atoms with Crippen molar-refractivity contribution in [2.45, 2.75) is 32.6 Å². The zero-order valence-corrected chi connectivity index (χ0v) is 12.5. The first kappa shape index (κ1) is 12.7. The maximum atomic E-state index is 4.82. The fraction of sp³-hybridized carbons (Fsp3) is 0.438. The zero-order valence-electron chi connectivity index (χ0n) is 11.6. The van der Waals surface area contributed by atoms with Crippen LogP contribution in [0, 0.1) is 0 Å². The van der Waals surface area contributed by atoms with E-state index in [0.717, 1.165) is 6.54 Å². The summed E-state index contributed by atoms with van der Waals surface area (Å²) < 4.78 is 0. The molecule has 1 aliphatic rings. The van der Waals surface area contributed by atoms with E-state index in [1.165, 1.54) is 52.5 Å². The van der Waals surface area contributed by atoms with Crippen molar-refractivity contribution in [3.05, 3.63) is 34.8 Å². The van der Waals surface area contributed by atoms with E-state index in [0.29, 0.717) is 0 Å². The third-order valence-electron chi connectivity index (χ3n) is 3.88. The number of rotatable bonds is 3. The maximum absolute atomic E-state index is 4.82. The third-order valence-corrected chi connectivity index (χ3v) is 5.08. The van der Waals surface area contributed by atoms with Gasteiger partial charge in [0.05, 0.1) is 5.69 Å². The highest BCUT2D eigenvalue weighted by Gasteiger charge is 2.15. The molecule has 19 heavy (non-hydrogen) atoms. The number of hydrogen-bond acceptors (Lipinski definition) is 3. The van der Waals surface area contributed by atoms with Crippen molar-refractivity contribution in [1.82, 2.24) is 4.98 Å². The van der Waals surface area contributed by atoms with Crippen LogP contribution in [0.4, 0.5) is 5.69 Å². The van der Waals surface area contributed by atoms with Crippen LogP contribution in [-0.4, -0.2) is 18.6 Å². The molecule has 1 aromatic carbocycles. The van der Waals surface area contributed by atoms with Gasteiger partial charge in [-0.3, -0.25) is 0 Å². The molecule has 1 aromatic heterocycles. The van der Waals surface area contributed by atoms with Crippen molar-refractivity contribution < 1.29 is 0 Å². The van der Waals surface area contributed by atoms with E-state index >= 15 is 0 Å². The van der Waals surface area contributed by atoms with Gasteiger partial charge in [-0.15, -0.1) is 11.3 Å². The smallest absolute Gasteiger partial charge is 0.123 e. The van der Waals surface area contributed by atoms with Crippen molar-refractivity contribution in [3.8, 4) is 10.6 Å². The summed E-state index contributed by atoms with van der Waals surface area (Å²) in [6.45, 7) is 3.20. The lowest BCUT2D eigenvalue weighted by Gasteiger charge is -2.16. The Kier molecular flexibility index (Phi) is 3.56. The summed E-state index contributed by atoms with van der Waals surface area (Å²) in [7, 11) is 2.12. The highest BCUT2D eigenvalue weighted by atomic mass is 32.1. The lowest BCUT2D eigenvalue weighted by Crippen LogP contribution is -2.15. The monoisotopic (exact) mass is 272 g/mol. The summed E-state index contributed by atoms with van der Waals surface area (Å²) in [5, 5.41) is 1.19. The molecule has 1 heterocycles. The van der Waals surface area contributed by atoms with Crippen molar-refractivity contribution in [3.63, 3.8) is 0 Å². The van der Waals surface area contributed by atoms with Gasteiger partial charge in [0.1, 0.15) is 5.01 Å². The van der Waals surface area contributed by atoms with Crippen LogP contribution in [0.3, 0.4) is 0 Å². The van der Waals surface area contributed by atoms with Crippen LogP contribution in [-0.2, 0) is 12.8 Å². The lowest BCUT2D eigenvalue weighted by molar-refractivity contribution is 0.682. The van der Waals surface area contributed by atoms with Crippen LogP contribution >= 0.6 is 11.3 Å². The van der Waals surface area contributed by atoms with Gasteiger partial charge in [0.25, 0.3) is 0 Å². The molecule has 0 unspecified atom stereocenters. The Hall–Kier alpha value is -1.35. The average Bonchev–Trinajstić information content (AvgIpc) is 2.90. The van der Waals surface area contributed by atoms with Gasteiger partial charge in [-0.05, 0) is 56.9 Å². The molecule has 0 atom stereocenters. The molecule has 3 heteroatoms. The van der Waals surface area contributed by atoms with E-state index in [-0.39, 0.29) is 0 Å². The van der Waals surface area contributed by atoms with Gasteiger partial charge >= 0.3 is 0 Å². The van der Waals surface area contributed by atoms with Gasteiger partial charge in [-0.25, -0.2) is 4.98 Å². The number of hydrogen-bond donors (Lipinski definition) is 0. The van der Waals surface area contributed by atoms with Gasteiger partial charge in [0.15, 0.2) is 0 Å². The minimum Gasteiger partial charge on any atom is -0.375 e. The first-order valence-corrected chi connectivity index (χ1v) is 7.89. The summed E-state index contributed by atoms with van der Waals surface area (Å²) in [5.74, 6) is 0. The number of aromatic nitrogens is 1. The molecule has 0 aliphatic heterocycles. The molecule has 2 nitrogen and oxygen atoms in total. The molecule has 3 rings (SSSR count). The molecule has 0 radical (unpaired) electrons. The Balaban J connectivity index is 1.87. The van der Waals surface area contributed by atoms with Gasteiger partial charge in [0, 0.05) is 29.7 Å². The predicted molar refractivity (Wildman–Crippen MR) is 83.1 cm³/mol. The molecule has 0 saturated carbocycles. The summed E-state index contributed by atoms with van der Waals surface area (Å²) >= 11 is 1.88. The van der Waals surface area contributed by atoms with E-state index in [1.54, 1.807) is 0 Å². The van der Waals surface area contributed by atoms with E-state index in [2.05, 4.69) is 43.1 Å². The second-order valence-corrected chi connectivity index (χ2v) is 6.24. The SMILES string of the molecule is CCN(C)c1ccc(-c2nc3c(s2)CCCC3)cc1. The Morgan fingerprint density at radius 3 is 2.58 bits per heavy atom. The quantitative estimate of drug-likeness (QED) is 0.834. The highest BCUT2D eigenvalue weighted by Crippen LogP contribution is 2.33. The number of thiazole rings is 1. The molecule has 100 valence electrons. The number of anilines is 1. The van der Waals surface area contributed by atoms with E-state index in [9.17, 15) is 0 Å². The average molecular weight is 272 g/mol. The van der Waals surface area contributed by atoms with Crippen LogP contribution in [0.5, 0.6) is 0 Å². The van der Waals surface area contributed by atoms with Gasteiger partial charge in [0.2, 0.25) is 0 Å². The fourth-order valence-corrected chi connectivity index (χ4v) is 3.67. The first-order valence-electron chi connectivity index (χ1n) is 7.08. The summed E-state index contributed by atoms with van der Waals surface area (Å²) in [4.78, 5) is 8.58. The third kappa shape index (κ3) is 2.52. The largest absolute Gasteiger partial charge is 0.375 e. The molecule has 0 saturated heterocycles. The summed E-state index contributed by atoms with van der Waals surface area (Å²) in [5.41, 5.74) is 3.88. The summed E-state index contributed by atoms with van der Waals surface area (Å²) in [6, 6.07) is 8.79. The lowest BCUT2D eigenvalue weighted by atomic mass is 10.0. The molecule has 1 aliphatic carbocycles. The molecule has 0 amide bonds. The second-order valence-electron chi connectivity index (χ2n) is 5.16. The van der Waals surface area contributed by atoms with E-state index in [4.69, 9.17) is 4.98 Å². The molecular formula is C16H20N2S. The Bertz CT molecular complexity index is 533. The van der Waals surface area contributed by atoms with Crippen LogP contribution in [0.15, 0.2) is 24.3 Å². The Labute approximate surface area is 119 Å². The molecule has 2 aromatic rings. The topological polar surface area (TPSA) is 16.1 Å². The zero-order chi connectivity index (χ0) is 13.2. The second kappa shape index (κ2) is 5.33. The van der Waals surface area contributed by atoms with Crippen molar-refractivity contribution in [2.24, 2.45) is 0 Å². The number of nitrogens with zero attached hydrogens (tertiary/aromatic N) is 2. The predicted octanol–water partition coefficient (Wildman–Crippen LogP) is 4.15. The normalized spacial score (nSPS) is 14.2. The van der Waals surface area contributed by atoms with E-state index in [1.807, 2.05) is 11.3 Å². The molecular weight excluding hydrogens is 252 g/mol. The minimum atomic E-state index is 1.03. The maximum Gasteiger partial charge on any atom is 0.123 e. The van der Waals surface area contributed by atoms with Gasteiger partial charge in [-0.2, -0.15) is 0 Å². The van der Waals surface area contributed by atoms with Gasteiger partial charge in [-0.1, -0.05) is 0 Å². The number of aryl methyl sites for hydroxylation is 2. The van der Waals surface area contributed by atoms with Crippen molar-refractivity contribution in [2.75, 3.05) is 18.5 Å². The Morgan fingerprint density at radius 1 is 1.16 bits per heavy atom. The van der Waals surface area contributed by atoms with E-state index < -0.39 is 0 Å². The molecule has 0 N–H and O–H groups in total. The van der Waals surface area contributed by atoms with Crippen LogP contribution < -0.4 is 4.90 Å².